The average molecular weight is 338 g/mol. The number of amides is 2. The summed E-state index contributed by atoms with van der Waals surface area (Å²) >= 11 is 1.47. The van der Waals surface area contributed by atoms with E-state index in [-0.39, 0.29) is 5.56 Å². The van der Waals surface area contributed by atoms with Gasteiger partial charge >= 0.3 is 0 Å². The zero-order chi connectivity index (χ0) is 17.1. The number of hydrogen-bond acceptors (Lipinski definition) is 3. The molecule has 0 spiro atoms. The lowest BCUT2D eigenvalue weighted by atomic mass is 10.0. The summed E-state index contributed by atoms with van der Waals surface area (Å²) in [6.07, 6.45) is 0. The van der Waals surface area contributed by atoms with Gasteiger partial charge in [-0.1, -0.05) is 6.07 Å². The lowest BCUT2D eigenvalue weighted by molar-refractivity contribution is -0.122. The number of carbonyl (C=O) groups is 2. The molecule has 2 amide bonds. The van der Waals surface area contributed by atoms with E-state index < -0.39 is 29.5 Å². The first-order valence-corrected chi connectivity index (χ1v) is 7.69. The van der Waals surface area contributed by atoms with Crippen LogP contribution in [0.2, 0.25) is 0 Å². The topological polar surface area (TPSA) is 58.2 Å². The van der Waals surface area contributed by atoms with E-state index in [2.05, 4.69) is 10.6 Å². The highest BCUT2D eigenvalue weighted by Crippen LogP contribution is 2.22. The van der Waals surface area contributed by atoms with E-state index >= 15 is 0 Å². The minimum atomic E-state index is -1.11. The second kappa shape index (κ2) is 6.87. The molecule has 23 heavy (non-hydrogen) atoms. The molecular weight excluding hydrogens is 322 g/mol. The van der Waals surface area contributed by atoms with Gasteiger partial charge in [-0.2, -0.15) is 0 Å². The molecule has 0 bridgehead atoms. The number of thiophene rings is 1. The monoisotopic (exact) mass is 338 g/mol. The molecule has 1 unspecified atom stereocenters. The number of nitrogens with one attached hydrogen (secondary N) is 2. The molecule has 2 N–H and O–H groups in total. The third-order valence-electron chi connectivity index (χ3n) is 3.35. The van der Waals surface area contributed by atoms with E-state index in [0.29, 0.717) is 5.56 Å². The van der Waals surface area contributed by atoms with E-state index in [4.69, 9.17) is 0 Å². The van der Waals surface area contributed by atoms with Crippen molar-refractivity contribution >= 4 is 23.2 Å². The van der Waals surface area contributed by atoms with Crippen molar-refractivity contribution in [3.63, 3.8) is 0 Å². The van der Waals surface area contributed by atoms with Gasteiger partial charge in [-0.05, 0) is 37.6 Å². The van der Waals surface area contributed by atoms with Crippen LogP contribution in [0.4, 0.5) is 8.78 Å². The van der Waals surface area contributed by atoms with E-state index in [1.165, 1.54) is 24.5 Å². The molecule has 0 fully saturated rings. The molecule has 4 nitrogen and oxygen atoms in total. The van der Waals surface area contributed by atoms with Gasteiger partial charge in [0.25, 0.3) is 5.91 Å². The van der Waals surface area contributed by atoms with E-state index in [9.17, 15) is 18.4 Å². The molecule has 7 heteroatoms. The minimum Gasteiger partial charge on any atom is -0.357 e. The molecule has 2 aromatic rings. The lowest BCUT2D eigenvalue weighted by Gasteiger charge is -2.18. The van der Waals surface area contributed by atoms with E-state index in [1.807, 2.05) is 6.92 Å². The summed E-state index contributed by atoms with van der Waals surface area (Å²) in [7, 11) is 1.40. The van der Waals surface area contributed by atoms with Crippen LogP contribution in [0.3, 0.4) is 0 Å². The summed E-state index contributed by atoms with van der Waals surface area (Å²) in [5.41, 5.74) is 0.630. The van der Waals surface area contributed by atoms with Crippen molar-refractivity contribution in [3.8, 4) is 0 Å². The molecule has 0 saturated heterocycles. The standard InChI is InChI=1S/C16H16F2N2O2S/c1-8-6-11(9(2)23-8)15(21)20-14(16(22)19-3)10-4-5-12(17)13(18)7-10/h4-7,14H,1-3H3,(H,19,22)(H,20,21). The van der Waals surface area contributed by atoms with Crippen LogP contribution in [0.1, 0.15) is 31.7 Å². The van der Waals surface area contributed by atoms with Crippen molar-refractivity contribution < 1.29 is 18.4 Å². The highest BCUT2D eigenvalue weighted by atomic mass is 32.1. The number of halogens is 2. The maximum absolute atomic E-state index is 13.4. The van der Waals surface area contributed by atoms with Gasteiger partial charge in [0.15, 0.2) is 11.6 Å². The maximum Gasteiger partial charge on any atom is 0.253 e. The SMILES string of the molecule is CNC(=O)C(NC(=O)c1cc(C)sc1C)c1ccc(F)c(F)c1. The molecule has 1 atom stereocenters. The quantitative estimate of drug-likeness (QED) is 0.901. The van der Waals surface area contributed by atoms with Crippen molar-refractivity contribution in [1.29, 1.82) is 0 Å². The van der Waals surface area contributed by atoms with Gasteiger partial charge in [-0.15, -0.1) is 11.3 Å². The third kappa shape index (κ3) is 3.73. The van der Waals surface area contributed by atoms with Gasteiger partial charge in [0, 0.05) is 16.8 Å². The normalized spacial score (nSPS) is 11.9. The Morgan fingerprint density at radius 3 is 2.35 bits per heavy atom. The Kier molecular flexibility index (Phi) is 5.10. The van der Waals surface area contributed by atoms with Gasteiger partial charge < -0.3 is 10.6 Å². The molecule has 0 aliphatic heterocycles. The summed E-state index contributed by atoms with van der Waals surface area (Å²) in [5.74, 6) is -3.05. The second-order valence-corrected chi connectivity index (χ2v) is 6.48. The molecule has 1 aromatic carbocycles. The number of carbonyl (C=O) groups excluding carboxylic acids is 2. The van der Waals surface area contributed by atoms with Crippen LogP contribution in [-0.2, 0) is 4.79 Å². The Bertz CT molecular complexity index is 759. The summed E-state index contributed by atoms with van der Waals surface area (Å²) in [5, 5.41) is 4.97. The minimum absolute atomic E-state index is 0.168. The molecule has 0 aliphatic rings. The first-order valence-electron chi connectivity index (χ1n) is 6.88. The highest BCUT2D eigenvalue weighted by molar-refractivity contribution is 7.12. The van der Waals surface area contributed by atoms with Gasteiger partial charge in [0.05, 0.1) is 5.56 Å². The highest BCUT2D eigenvalue weighted by Gasteiger charge is 2.24. The maximum atomic E-state index is 13.4. The fourth-order valence-corrected chi connectivity index (χ4v) is 3.12. The Balaban J connectivity index is 2.32. The lowest BCUT2D eigenvalue weighted by Crippen LogP contribution is -2.39. The van der Waals surface area contributed by atoms with Crippen molar-refractivity contribution in [2.45, 2.75) is 19.9 Å². The summed E-state index contributed by atoms with van der Waals surface area (Å²) in [6, 6.07) is 3.71. The summed E-state index contributed by atoms with van der Waals surface area (Å²) < 4.78 is 26.5. The molecule has 1 heterocycles. The number of likely N-dealkylation sites (N-methyl/N-ethyl adjacent to an activating group) is 1. The van der Waals surface area contributed by atoms with E-state index in [0.717, 1.165) is 21.9 Å². The van der Waals surface area contributed by atoms with Crippen LogP contribution in [0.5, 0.6) is 0 Å². The predicted octanol–water partition coefficient (Wildman–Crippen LogP) is 2.86. The van der Waals surface area contributed by atoms with Crippen LogP contribution in [0.25, 0.3) is 0 Å². The number of aryl methyl sites for hydroxylation is 2. The average Bonchev–Trinajstić information content (AvgIpc) is 2.85. The zero-order valence-corrected chi connectivity index (χ0v) is 13.7. The van der Waals surface area contributed by atoms with Crippen LogP contribution >= 0.6 is 11.3 Å². The molecule has 0 aliphatic carbocycles. The summed E-state index contributed by atoms with van der Waals surface area (Å²) in [4.78, 5) is 26.2. The Morgan fingerprint density at radius 1 is 1.13 bits per heavy atom. The van der Waals surface area contributed by atoms with Crippen molar-refractivity contribution in [3.05, 3.63) is 56.8 Å². The number of benzene rings is 1. The van der Waals surface area contributed by atoms with Crippen LogP contribution in [0, 0.1) is 25.5 Å². The summed E-state index contributed by atoms with van der Waals surface area (Å²) in [6.45, 7) is 3.68. The molecule has 0 radical (unpaired) electrons. The van der Waals surface area contributed by atoms with Crippen LogP contribution in [0.15, 0.2) is 24.3 Å². The third-order valence-corrected chi connectivity index (χ3v) is 4.31. The Labute approximate surface area is 136 Å². The van der Waals surface area contributed by atoms with E-state index in [1.54, 1.807) is 13.0 Å². The van der Waals surface area contributed by atoms with Gasteiger partial charge in [-0.25, -0.2) is 8.78 Å². The van der Waals surface area contributed by atoms with Crippen molar-refractivity contribution in [2.75, 3.05) is 7.05 Å². The molecule has 2 rings (SSSR count). The number of hydrogen-bond donors (Lipinski definition) is 2. The molecule has 1 aromatic heterocycles. The van der Waals surface area contributed by atoms with Crippen LogP contribution in [-0.4, -0.2) is 18.9 Å². The van der Waals surface area contributed by atoms with Crippen molar-refractivity contribution in [2.24, 2.45) is 0 Å². The predicted molar refractivity (Wildman–Crippen MR) is 84.4 cm³/mol. The fourth-order valence-electron chi connectivity index (χ4n) is 2.20. The van der Waals surface area contributed by atoms with Gasteiger partial charge in [-0.3, -0.25) is 9.59 Å². The molecule has 0 saturated carbocycles. The van der Waals surface area contributed by atoms with Crippen molar-refractivity contribution in [1.82, 2.24) is 10.6 Å². The fraction of sp³-hybridized carbons (Fsp3) is 0.250. The second-order valence-electron chi connectivity index (χ2n) is 5.02. The van der Waals surface area contributed by atoms with Gasteiger partial charge in [0.2, 0.25) is 5.91 Å². The largest absolute Gasteiger partial charge is 0.357 e. The molecular formula is C16H16F2N2O2S. The molecule has 122 valence electrons. The smallest absolute Gasteiger partial charge is 0.253 e. The zero-order valence-electron chi connectivity index (χ0n) is 12.9. The number of rotatable bonds is 4. The Morgan fingerprint density at radius 2 is 1.83 bits per heavy atom. The Hall–Kier alpha value is -2.28. The first kappa shape index (κ1) is 17.1. The van der Waals surface area contributed by atoms with Crippen LogP contribution < -0.4 is 10.6 Å². The van der Waals surface area contributed by atoms with Gasteiger partial charge in [0.1, 0.15) is 6.04 Å². The first-order chi connectivity index (χ1) is 10.8.